The Labute approximate surface area is 209 Å². The molecule has 2 N–H and O–H groups in total. The smallest absolute Gasteiger partial charge is 0.397 e. The number of nitrogens with two attached hydrogens (primary N) is 1. The van der Waals surface area contributed by atoms with E-state index in [1.165, 1.54) is 18.2 Å². The maximum Gasteiger partial charge on any atom is 0.416 e. The molecule has 3 rings (SSSR count). The van der Waals surface area contributed by atoms with E-state index in [4.69, 9.17) is 5.73 Å². The van der Waals surface area contributed by atoms with Crippen molar-refractivity contribution < 1.29 is 52.7 Å². The molecule has 15 heteroatoms. The molecule has 0 atom stereocenters. The van der Waals surface area contributed by atoms with Crippen molar-refractivity contribution in [3.8, 4) is 0 Å². The summed E-state index contributed by atoms with van der Waals surface area (Å²) >= 11 is 0.832. The van der Waals surface area contributed by atoms with E-state index < -0.39 is 56.7 Å². The van der Waals surface area contributed by atoms with Crippen molar-refractivity contribution in [1.29, 1.82) is 0 Å². The van der Waals surface area contributed by atoms with Gasteiger partial charge in [-0.3, -0.25) is 0 Å². The van der Waals surface area contributed by atoms with E-state index >= 15 is 0 Å². The van der Waals surface area contributed by atoms with Crippen LogP contribution in [0.15, 0.2) is 74.2 Å². The van der Waals surface area contributed by atoms with Crippen LogP contribution in [-0.4, -0.2) is 0 Å². The number of halogens is 12. The number of nitrogen functional groups attached to an aromatic ring is 1. The quantitative estimate of drug-likeness (QED) is 0.246. The third-order valence-corrected chi connectivity index (χ3v) is 6.70. The highest BCUT2D eigenvalue weighted by atomic mass is 32.2. The molecule has 0 bridgehead atoms. The molecule has 0 spiro atoms. The van der Waals surface area contributed by atoms with Gasteiger partial charge in [-0.05, 0) is 48.5 Å². The van der Waals surface area contributed by atoms with Gasteiger partial charge in [0.25, 0.3) is 0 Å². The summed E-state index contributed by atoms with van der Waals surface area (Å²) in [4.78, 5) is -1.12. The molecule has 0 aliphatic carbocycles. The second kappa shape index (κ2) is 9.89. The van der Waals surface area contributed by atoms with E-state index in [1.54, 1.807) is 0 Å². The molecule has 0 saturated carbocycles. The first kappa shape index (κ1) is 28.9. The van der Waals surface area contributed by atoms with E-state index in [2.05, 4.69) is 0 Å². The third-order valence-electron chi connectivity index (χ3n) is 4.60. The Kier molecular flexibility index (Phi) is 7.72. The highest BCUT2D eigenvalue weighted by Gasteiger charge is 2.38. The molecule has 0 radical (unpaired) electrons. The second-order valence-electron chi connectivity index (χ2n) is 7.36. The monoisotopic (exact) mass is 581 g/mol. The minimum Gasteiger partial charge on any atom is -0.397 e. The molecule has 3 aromatic rings. The third kappa shape index (κ3) is 7.21. The van der Waals surface area contributed by atoms with Gasteiger partial charge in [-0.15, -0.1) is 0 Å². The summed E-state index contributed by atoms with van der Waals surface area (Å²) in [6.07, 6.45) is -20.4. The zero-order valence-corrected chi connectivity index (χ0v) is 19.3. The van der Waals surface area contributed by atoms with Gasteiger partial charge in [-0.25, -0.2) is 0 Å². The van der Waals surface area contributed by atoms with E-state index in [1.807, 2.05) is 0 Å². The Balaban J connectivity index is 2.02. The summed E-state index contributed by atoms with van der Waals surface area (Å²) in [6, 6.07) is 5.41. The van der Waals surface area contributed by atoms with E-state index in [0.29, 0.717) is 47.8 Å². The molecule has 0 unspecified atom stereocenters. The number of alkyl halides is 12. The minimum absolute atomic E-state index is 0.0639. The second-order valence-corrected chi connectivity index (χ2v) is 9.59. The van der Waals surface area contributed by atoms with Gasteiger partial charge in [0.15, 0.2) is 0 Å². The molecule has 1 nitrogen and oxygen atoms in total. The molecule has 37 heavy (non-hydrogen) atoms. The van der Waals surface area contributed by atoms with Crippen LogP contribution in [0.5, 0.6) is 0 Å². The van der Waals surface area contributed by atoms with Crippen LogP contribution < -0.4 is 5.73 Å². The van der Waals surface area contributed by atoms with Crippen LogP contribution in [0.2, 0.25) is 0 Å². The minimum atomic E-state index is -5.10. The van der Waals surface area contributed by atoms with Crippen molar-refractivity contribution in [2.24, 2.45) is 0 Å². The average molecular weight is 581 g/mol. The number of benzene rings is 3. The summed E-state index contributed by atoms with van der Waals surface area (Å²) < 4.78 is 158. The zero-order chi connectivity index (χ0) is 28.0. The van der Waals surface area contributed by atoms with Gasteiger partial charge < -0.3 is 5.73 Å². The van der Waals surface area contributed by atoms with Crippen LogP contribution in [0, 0.1) is 0 Å². The fraction of sp³-hybridized carbons (Fsp3) is 0.182. The Morgan fingerprint density at radius 2 is 0.730 bits per heavy atom. The van der Waals surface area contributed by atoms with Crippen LogP contribution in [0.1, 0.15) is 22.3 Å². The zero-order valence-electron chi connectivity index (χ0n) is 17.6. The van der Waals surface area contributed by atoms with Crippen LogP contribution >= 0.6 is 23.5 Å². The molecule has 0 amide bonds. The predicted octanol–water partition coefficient (Wildman–Crippen LogP) is 9.65. The summed E-state index contributed by atoms with van der Waals surface area (Å²) in [5, 5.41) is 0. The van der Waals surface area contributed by atoms with Gasteiger partial charge in [0, 0.05) is 19.6 Å². The summed E-state index contributed by atoms with van der Waals surface area (Å²) in [5.41, 5.74) is -0.612. The molecule has 0 aromatic heterocycles. The van der Waals surface area contributed by atoms with Gasteiger partial charge in [0.05, 0.1) is 27.9 Å². The standard InChI is InChI=1S/C22H11F12NS2/c23-19(24,25)10-4-11(20(26,27)28)7-14(6-10)36-16-2-1-3-17(18(16)35)37-15-8-12(21(29,30)31)5-13(9-15)22(32,33)34/h1-9H,35H2. The number of para-hydroxylation sites is 1. The van der Waals surface area contributed by atoms with Crippen LogP contribution in [0.4, 0.5) is 58.4 Å². The van der Waals surface area contributed by atoms with Crippen molar-refractivity contribution in [2.45, 2.75) is 44.3 Å². The lowest BCUT2D eigenvalue weighted by atomic mass is 10.1. The lowest BCUT2D eigenvalue weighted by Gasteiger charge is -2.16. The molecule has 0 heterocycles. The van der Waals surface area contributed by atoms with Crippen LogP contribution in [-0.2, 0) is 24.7 Å². The molecule has 0 aliphatic rings. The van der Waals surface area contributed by atoms with Crippen molar-refractivity contribution in [3.05, 3.63) is 76.9 Å². The topological polar surface area (TPSA) is 26.0 Å². The Morgan fingerprint density at radius 1 is 0.459 bits per heavy atom. The SMILES string of the molecule is Nc1c(Sc2cc(C(F)(F)F)cc(C(F)(F)F)c2)cccc1Sc1cc(C(F)(F)F)cc(C(F)(F)F)c1. The fourth-order valence-electron chi connectivity index (χ4n) is 2.93. The average Bonchev–Trinajstić information content (AvgIpc) is 2.74. The van der Waals surface area contributed by atoms with Gasteiger partial charge in [0.1, 0.15) is 0 Å². The van der Waals surface area contributed by atoms with Crippen molar-refractivity contribution in [3.63, 3.8) is 0 Å². The summed E-state index contributed by atoms with van der Waals surface area (Å²) in [7, 11) is 0. The van der Waals surface area contributed by atoms with Crippen LogP contribution in [0.3, 0.4) is 0 Å². The predicted molar refractivity (Wildman–Crippen MR) is 112 cm³/mol. The number of hydrogen-bond donors (Lipinski definition) is 1. The first-order valence-corrected chi connectivity index (χ1v) is 11.2. The molecule has 0 saturated heterocycles. The molecule has 3 aromatic carbocycles. The molecular formula is C22H11F12NS2. The van der Waals surface area contributed by atoms with Crippen molar-refractivity contribution in [2.75, 3.05) is 5.73 Å². The van der Waals surface area contributed by atoms with Crippen molar-refractivity contribution >= 4 is 29.2 Å². The van der Waals surface area contributed by atoms with Gasteiger partial charge in [0.2, 0.25) is 0 Å². The first-order valence-electron chi connectivity index (χ1n) is 9.58. The highest BCUT2D eigenvalue weighted by molar-refractivity contribution is 8.00. The Bertz CT molecular complexity index is 1130. The maximum absolute atomic E-state index is 13.1. The van der Waals surface area contributed by atoms with E-state index in [0.717, 1.165) is 0 Å². The summed E-state index contributed by atoms with van der Waals surface area (Å²) in [6.45, 7) is 0. The normalized spacial score (nSPS) is 13.2. The number of rotatable bonds is 4. The van der Waals surface area contributed by atoms with Crippen LogP contribution in [0.25, 0.3) is 0 Å². The Hall–Kier alpha value is -2.68. The molecule has 0 aliphatic heterocycles. The summed E-state index contributed by atoms with van der Waals surface area (Å²) in [5.74, 6) is 0. The van der Waals surface area contributed by atoms with E-state index in [9.17, 15) is 52.7 Å². The largest absolute Gasteiger partial charge is 0.416 e. The number of hydrogen-bond acceptors (Lipinski definition) is 3. The number of anilines is 1. The molecular weight excluding hydrogens is 570 g/mol. The van der Waals surface area contributed by atoms with Crippen molar-refractivity contribution in [1.82, 2.24) is 0 Å². The highest BCUT2D eigenvalue weighted by Crippen LogP contribution is 2.45. The fourth-order valence-corrected chi connectivity index (χ4v) is 4.98. The van der Waals surface area contributed by atoms with E-state index in [-0.39, 0.29) is 27.6 Å². The van der Waals surface area contributed by atoms with Gasteiger partial charge in [-0.1, -0.05) is 29.6 Å². The maximum atomic E-state index is 13.1. The molecule has 200 valence electrons. The van der Waals surface area contributed by atoms with Gasteiger partial charge in [-0.2, -0.15) is 52.7 Å². The van der Waals surface area contributed by atoms with Gasteiger partial charge >= 0.3 is 24.7 Å². The first-order chi connectivity index (χ1) is 16.7. The lowest BCUT2D eigenvalue weighted by Crippen LogP contribution is -2.11. The molecule has 0 fully saturated rings. The Morgan fingerprint density at radius 3 is 0.973 bits per heavy atom. The lowest BCUT2D eigenvalue weighted by molar-refractivity contribution is -0.145.